The summed E-state index contributed by atoms with van der Waals surface area (Å²) < 4.78 is 7.04. The molecule has 3 rings (SSSR count). The molecule has 0 radical (unpaired) electrons. The molecule has 1 aromatic carbocycles. The van der Waals surface area contributed by atoms with E-state index in [1.165, 1.54) is 11.8 Å². The van der Waals surface area contributed by atoms with E-state index in [-0.39, 0.29) is 0 Å². The van der Waals surface area contributed by atoms with Gasteiger partial charge in [0.25, 0.3) is 0 Å². The number of fused-ring (bicyclic) bond motifs is 1. The van der Waals surface area contributed by atoms with Crippen molar-refractivity contribution in [3.8, 4) is 5.88 Å². The van der Waals surface area contributed by atoms with Crippen LogP contribution in [-0.4, -0.2) is 33.8 Å². The summed E-state index contributed by atoms with van der Waals surface area (Å²) in [7, 11) is 1.57. The Morgan fingerprint density at radius 1 is 1.39 bits per heavy atom. The highest BCUT2D eigenvalue weighted by molar-refractivity contribution is 7.98. The first-order valence-electron chi connectivity index (χ1n) is 6.92. The van der Waals surface area contributed by atoms with E-state index in [1.807, 2.05) is 28.9 Å². The number of aromatic nitrogens is 4. The fourth-order valence-corrected chi connectivity index (χ4v) is 3.13. The van der Waals surface area contributed by atoms with Gasteiger partial charge < -0.3 is 10.5 Å². The van der Waals surface area contributed by atoms with Crippen molar-refractivity contribution in [2.24, 2.45) is 10.7 Å². The maximum Gasteiger partial charge on any atom is 0.214 e. The van der Waals surface area contributed by atoms with E-state index in [2.05, 4.69) is 27.0 Å². The molecule has 23 heavy (non-hydrogen) atoms. The highest BCUT2D eigenvalue weighted by Gasteiger charge is 2.13. The number of para-hydroxylation sites is 1. The molecule has 0 aliphatic rings. The summed E-state index contributed by atoms with van der Waals surface area (Å²) in [6.45, 7) is 3.96. The summed E-state index contributed by atoms with van der Waals surface area (Å²) in [6, 6.07) is 9.58. The second-order valence-electron chi connectivity index (χ2n) is 4.69. The lowest BCUT2D eigenvalue weighted by atomic mass is 10.2. The maximum atomic E-state index is 5.78. The second-order valence-corrected chi connectivity index (χ2v) is 5.62. The average Bonchev–Trinajstić information content (AvgIpc) is 3.02. The fraction of sp³-hybridized carbons (Fsp3) is 0.200. The largest absolute Gasteiger partial charge is 0.481 e. The Bertz CT molecular complexity index is 847. The standard InChI is InChI=1S/C15H16N6OS/c1-17-14-10(8-16)7-13(22-2)18-15(14)23-9-21-12-6-4-3-5-11(12)19-20-21/h3-7H,1,8-9,16H2,2H3. The third kappa shape index (κ3) is 3.03. The van der Waals surface area contributed by atoms with Crippen molar-refractivity contribution >= 4 is 35.2 Å². The third-order valence-electron chi connectivity index (χ3n) is 3.35. The molecule has 0 amide bonds. The number of benzene rings is 1. The van der Waals surface area contributed by atoms with Gasteiger partial charge in [-0.05, 0) is 24.4 Å². The van der Waals surface area contributed by atoms with Crippen LogP contribution in [0.3, 0.4) is 0 Å². The van der Waals surface area contributed by atoms with E-state index in [9.17, 15) is 0 Å². The number of rotatable bonds is 6. The summed E-state index contributed by atoms with van der Waals surface area (Å²) in [5, 5.41) is 9.01. The van der Waals surface area contributed by atoms with Crippen molar-refractivity contribution in [1.29, 1.82) is 0 Å². The number of nitrogens with two attached hydrogens (primary N) is 1. The van der Waals surface area contributed by atoms with E-state index < -0.39 is 0 Å². The Morgan fingerprint density at radius 2 is 2.22 bits per heavy atom. The van der Waals surface area contributed by atoms with Crippen LogP contribution in [0.4, 0.5) is 5.69 Å². The number of ether oxygens (including phenoxy) is 1. The molecule has 2 heterocycles. The first-order valence-corrected chi connectivity index (χ1v) is 7.91. The van der Waals surface area contributed by atoms with Gasteiger partial charge in [-0.2, -0.15) is 0 Å². The minimum absolute atomic E-state index is 0.340. The maximum absolute atomic E-state index is 5.78. The van der Waals surface area contributed by atoms with Gasteiger partial charge in [-0.25, -0.2) is 9.67 Å². The van der Waals surface area contributed by atoms with Gasteiger partial charge in [0.15, 0.2) is 0 Å². The van der Waals surface area contributed by atoms with Crippen LogP contribution in [0.15, 0.2) is 40.4 Å². The van der Waals surface area contributed by atoms with E-state index in [0.717, 1.165) is 16.6 Å². The van der Waals surface area contributed by atoms with Gasteiger partial charge in [0.1, 0.15) is 10.5 Å². The number of aliphatic imine (C=N–C) groups is 1. The summed E-state index contributed by atoms with van der Waals surface area (Å²) in [4.78, 5) is 8.50. The summed E-state index contributed by atoms with van der Waals surface area (Å²) >= 11 is 1.48. The molecule has 2 N–H and O–H groups in total. The Kier molecular flexibility index (Phi) is 4.54. The molecule has 0 atom stereocenters. The second kappa shape index (κ2) is 6.76. The van der Waals surface area contributed by atoms with Crippen molar-refractivity contribution < 1.29 is 4.74 Å². The molecule has 0 unspecified atom stereocenters. The summed E-state index contributed by atoms with van der Waals surface area (Å²) in [6.07, 6.45) is 0. The lowest BCUT2D eigenvalue weighted by Gasteiger charge is -2.11. The van der Waals surface area contributed by atoms with Crippen LogP contribution in [0.1, 0.15) is 5.56 Å². The van der Waals surface area contributed by atoms with E-state index in [0.29, 0.717) is 29.0 Å². The predicted molar refractivity (Wildman–Crippen MR) is 91.3 cm³/mol. The predicted octanol–water partition coefficient (Wildman–Crippen LogP) is 2.38. The number of nitrogens with zero attached hydrogens (tertiary/aromatic N) is 5. The highest BCUT2D eigenvalue weighted by atomic mass is 32.2. The molecule has 0 spiro atoms. The number of hydrogen-bond acceptors (Lipinski definition) is 7. The topological polar surface area (TPSA) is 91.2 Å². The van der Waals surface area contributed by atoms with Crippen molar-refractivity contribution in [2.75, 3.05) is 7.11 Å². The van der Waals surface area contributed by atoms with E-state index in [1.54, 1.807) is 13.2 Å². The molecule has 0 aliphatic heterocycles. The molecular weight excluding hydrogens is 312 g/mol. The Hall–Kier alpha value is -2.45. The first kappa shape index (κ1) is 15.4. The molecular formula is C15H16N6OS. The van der Waals surface area contributed by atoms with Crippen LogP contribution in [-0.2, 0) is 12.4 Å². The lowest BCUT2D eigenvalue weighted by Crippen LogP contribution is -2.02. The van der Waals surface area contributed by atoms with Crippen LogP contribution >= 0.6 is 11.8 Å². The lowest BCUT2D eigenvalue weighted by molar-refractivity contribution is 0.394. The van der Waals surface area contributed by atoms with Gasteiger partial charge in [0.2, 0.25) is 5.88 Å². The molecule has 0 aliphatic carbocycles. The van der Waals surface area contributed by atoms with Gasteiger partial charge in [-0.3, -0.25) is 4.99 Å². The molecule has 2 aromatic heterocycles. The van der Waals surface area contributed by atoms with Gasteiger partial charge in [0.05, 0.1) is 24.2 Å². The quantitative estimate of drug-likeness (QED) is 0.552. The monoisotopic (exact) mass is 328 g/mol. The van der Waals surface area contributed by atoms with Crippen LogP contribution in [0.25, 0.3) is 11.0 Å². The van der Waals surface area contributed by atoms with Gasteiger partial charge in [-0.15, -0.1) is 5.10 Å². The molecule has 7 nitrogen and oxygen atoms in total. The van der Waals surface area contributed by atoms with Crippen LogP contribution in [0.2, 0.25) is 0 Å². The fourth-order valence-electron chi connectivity index (χ4n) is 2.21. The number of thioether (sulfide) groups is 1. The molecule has 118 valence electrons. The van der Waals surface area contributed by atoms with Gasteiger partial charge in [0, 0.05) is 12.6 Å². The van der Waals surface area contributed by atoms with Crippen LogP contribution < -0.4 is 10.5 Å². The molecule has 3 aromatic rings. The number of pyridine rings is 1. The van der Waals surface area contributed by atoms with Crippen molar-refractivity contribution in [1.82, 2.24) is 20.0 Å². The molecule has 0 fully saturated rings. The molecule has 8 heteroatoms. The van der Waals surface area contributed by atoms with Gasteiger partial charge in [-0.1, -0.05) is 29.1 Å². The number of methoxy groups -OCH3 is 1. The normalized spacial score (nSPS) is 10.9. The zero-order valence-corrected chi connectivity index (χ0v) is 13.5. The Morgan fingerprint density at radius 3 is 2.96 bits per heavy atom. The molecule has 0 saturated carbocycles. The van der Waals surface area contributed by atoms with Crippen LogP contribution in [0.5, 0.6) is 5.88 Å². The minimum Gasteiger partial charge on any atom is -0.481 e. The van der Waals surface area contributed by atoms with Crippen molar-refractivity contribution in [3.05, 3.63) is 35.9 Å². The van der Waals surface area contributed by atoms with E-state index >= 15 is 0 Å². The Balaban J connectivity index is 1.91. The molecule has 0 saturated heterocycles. The number of hydrogen-bond donors (Lipinski definition) is 1. The zero-order valence-electron chi connectivity index (χ0n) is 12.6. The summed E-state index contributed by atoms with van der Waals surface area (Å²) in [5.41, 5.74) is 9.13. The smallest absolute Gasteiger partial charge is 0.214 e. The van der Waals surface area contributed by atoms with Crippen molar-refractivity contribution in [2.45, 2.75) is 17.4 Å². The third-order valence-corrected chi connectivity index (χ3v) is 4.28. The Labute approximate surface area is 137 Å². The SMILES string of the molecule is C=Nc1c(CN)cc(OC)nc1SCn1nnc2ccccc21. The van der Waals surface area contributed by atoms with Crippen LogP contribution in [0, 0.1) is 0 Å². The zero-order chi connectivity index (χ0) is 16.2. The average molecular weight is 328 g/mol. The molecule has 0 bridgehead atoms. The van der Waals surface area contributed by atoms with Crippen molar-refractivity contribution in [3.63, 3.8) is 0 Å². The van der Waals surface area contributed by atoms with E-state index in [4.69, 9.17) is 10.5 Å². The minimum atomic E-state index is 0.340. The first-order chi connectivity index (χ1) is 11.3. The summed E-state index contributed by atoms with van der Waals surface area (Å²) in [5.74, 6) is 1.05. The van der Waals surface area contributed by atoms with Gasteiger partial charge >= 0.3 is 0 Å². The highest BCUT2D eigenvalue weighted by Crippen LogP contribution is 2.34.